The largest absolute Gasteiger partial charge is 0.384 e. The molecule has 1 aromatic heterocycles. The fraction of sp³-hybridized carbons (Fsp3) is 0.250. The molecule has 1 aromatic carbocycles. The van der Waals surface area contributed by atoms with Gasteiger partial charge in [-0.15, -0.1) is 0 Å². The highest BCUT2D eigenvalue weighted by molar-refractivity contribution is 6.07. The normalized spacial score (nSPS) is 10.1. The highest BCUT2D eigenvalue weighted by Gasteiger charge is 2.11. The fourth-order valence-electron chi connectivity index (χ4n) is 1.82. The lowest BCUT2D eigenvalue weighted by atomic mass is 10.1. The molecule has 0 aliphatic carbocycles. The van der Waals surface area contributed by atoms with Crippen LogP contribution < -0.4 is 10.6 Å². The van der Waals surface area contributed by atoms with Crippen LogP contribution in [0, 0.1) is 6.92 Å². The van der Waals surface area contributed by atoms with Gasteiger partial charge in [-0.25, -0.2) is 4.98 Å². The molecule has 0 bridgehead atoms. The molecule has 4 heteroatoms. The first-order chi connectivity index (χ1) is 9.70. The number of hydrogen-bond acceptors (Lipinski definition) is 3. The summed E-state index contributed by atoms with van der Waals surface area (Å²) < 4.78 is 0. The van der Waals surface area contributed by atoms with Crippen LogP contribution in [-0.4, -0.2) is 17.4 Å². The zero-order chi connectivity index (χ0) is 14.4. The molecule has 0 radical (unpaired) electrons. The Labute approximate surface area is 119 Å². The standard InChI is InChI=1S/C16H19N3O/c1-3-10-17-14-7-5-4-6-13(14)16(20)19-15-9-8-12(2)11-18-15/h4-9,11,17H,3,10H2,1-2H3,(H,18,19,20). The summed E-state index contributed by atoms with van der Waals surface area (Å²) in [4.78, 5) is 16.5. The molecule has 20 heavy (non-hydrogen) atoms. The lowest BCUT2D eigenvalue weighted by Gasteiger charge is -2.11. The van der Waals surface area contributed by atoms with Crippen LogP contribution in [0.25, 0.3) is 0 Å². The Hall–Kier alpha value is -2.36. The molecule has 2 rings (SSSR count). The van der Waals surface area contributed by atoms with Crippen LogP contribution in [0.15, 0.2) is 42.6 Å². The van der Waals surface area contributed by atoms with Crippen LogP contribution in [0.4, 0.5) is 11.5 Å². The maximum atomic E-state index is 12.3. The highest BCUT2D eigenvalue weighted by Crippen LogP contribution is 2.16. The molecule has 2 N–H and O–H groups in total. The number of hydrogen-bond donors (Lipinski definition) is 2. The molecule has 0 aliphatic rings. The van der Waals surface area contributed by atoms with Crippen LogP contribution in [0.5, 0.6) is 0 Å². The first-order valence-corrected chi connectivity index (χ1v) is 6.77. The maximum absolute atomic E-state index is 12.3. The minimum Gasteiger partial charge on any atom is -0.384 e. The van der Waals surface area contributed by atoms with Gasteiger partial charge in [-0.05, 0) is 37.1 Å². The van der Waals surface area contributed by atoms with Crippen molar-refractivity contribution in [2.45, 2.75) is 20.3 Å². The van der Waals surface area contributed by atoms with E-state index in [4.69, 9.17) is 0 Å². The monoisotopic (exact) mass is 269 g/mol. The van der Waals surface area contributed by atoms with Gasteiger partial charge in [0.25, 0.3) is 5.91 Å². The van der Waals surface area contributed by atoms with Crippen molar-refractivity contribution < 1.29 is 4.79 Å². The Balaban J connectivity index is 2.14. The third-order valence-electron chi connectivity index (χ3n) is 2.89. The summed E-state index contributed by atoms with van der Waals surface area (Å²) in [5.74, 6) is 0.409. The van der Waals surface area contributed by atoms with Gasteiger partial charge in [-0.1, -0.05) is 25.1 Å². The predicted octanol–water partition coefficient (Wildman–Crippen LogP) is 3.46. The van der Waals surface area contributed by atoms with E-state index >= 15 is 0 Å². The Bertz CT molecular complexity index is 579. The number of aromatic nitrogens is 1. The van der Waals surface area contributed by atoms with E-state index in [1.807, 2.05) is 37.3 Å². The molecule has 0 atom stereocenters. The molecule has 2 aromatic rings. The maximum Gasteiger partial charge on any atom is 0.258 e. The summed E-state index contributed by atoms with van der Waals surface area (Å²) in [5.41, 5.74) is 2.54. The average Bonchev–Trinajstić information content (AvgIpc) is 2.47. The van der Waals surface area contributed by atoms with Gasteiger partial charge in [0, 0.05) is 18.4 Å². The SMILES string of the molecule is CCCNc1ccccc1C(=O)Nc1ccc(C)cn1. The number of carbonyl (C=O) groups is 1. The molecule has 0 fully saturated rings. The number of anilines is 2. The molecule has 0 saturated heterocycles. The molecule has 4 nitrogen and oxygen atoms in total. The van der Waals surface area contributed by atoms with Gasteiger partial charge in [0.1, 0.15) is 5.82 Å². The van der Waals surface area contributed by atoms with E-state index in [1.165, 1.54) is 0 Å². The third-order valence-corrected chi connectivity index (χ3v) is 2.89. The van der Waals surface area contributed by atoms with Crippen molar-refractivity contribution in [3.63, 3.8) is 0 Å². The molecule has 0 saturated carbocycles. The van der Waals surface area contributed by atoms with E-state index in [0.29, 0.717) is 11.4 Å². The van der Waals surface area contributed by atoms with Crippen LogP contribution in [-0.2, 0) is 0 Å². The fourth-order valence-corrected chi connectivity index (χ4v) is 1.82. The summed E-state index contributed by atoms with van der Waals surface area (Å²) in [5, 5.41) is 6.07. The second kappa shape index (κ2) is 6.70. The van der Waals surface area contributed by atoms with E-state index in [2.05, 4.69) is 22.5 Å². The molecule has 0 unspecified atom stereocenters. The molecule has 1 heterocycles. The third kappa shape index (κ3) is 3.57. The van der Waals surface area contributed by atoms with Crippen molar-refractivity contribution in [2.24, 2.45) is 0 Å². The number of aryl methyl sites for hydroxylation is 1. The molecule has 0 spiro atoms. The summed E-state index contributed by atoms with van der Waals surface area (Å²) in [7, 11) is 0. The van der Waals surface area contributed by atoms with Crippen LogP contribution in [0.1, 0.15) is 29.3 Å². The van der Waals surface area contributed by atoms with Gasteiger partial charge in [-0.2, -0.15) is 0 Å². The van der Waals surface area contributed by atoms with Crippen LogP contribution >= 0.6 is 0 Å². The second-order valence-corrected chi connectivity index (χ2v) is 4.65. The van der Waals surface area contributed by atoms with Crippen molar-refractivity contribution in [1.82, 2.24) is 4.98 Å². The zero-order valence-electron chi connectivity index (χ0n) is 11.8. The summed E-state index contributed by atoms with van der Waals surface area (Å²) in [6.07, 6.45) is 2.74. The highest BCUT2D eigenvalue weighted by atomic mass is 16.1. The zero-order valence-corrected chi connectivity index (χ0v) is 11.8. The minimum atomic E-state index is -0.152. The molecular weight excluding hydrogens is 250 g/mol. The minimum absolute atomic E-state index is 0.152. The Morgan fingerprint density at radius 1 is 1.20 bits per heavy atom. The van der Waals surface area contributed by atoms with Crippen molar-refractivity contribution in [1.29, 1.82) is 0 Å². The van der Waals surface area contributed by atoms with Crippen LogP contribution in [0.3, 0.4) is 0 Å². The number of benzene rings is 1. The number of carbonyl (C=O) groups excluding carboxylic acids is 1. The average molecular weight is 269 g/mol. The van der Waals surface area contributed by atoms with Gasteiger partial charge in [-0.3, -0.25) is 4.79 Å². The molecular formula is C16H19N3O. The quantitative estimate of drug-likeness (QED) is 0.874. The van der Waals surface area contributed by atoms with Crippen molar-refractivity contribution in [2.75, 3.05) is 17.2 Å². The summed E-state index contributed by atoms with van der Waals surface area (Å²) in [6.45, 7) is 4.89. The van der Waals surface area contributed by atoms with E-state index in [9.17, 15) is 4.79 Å². The Morgan fingerprint density at radius 2 is 2.00 bits per heavy atom. The molecule has 104 valence electrons. The van der Waals surface area contributed by atoms with Crippen molar-refractivity contribution in [3.05, 3.63) is 53.7 Å². The van der Waals surface area contributed by atoms with Crippen molar-refractivity contribution in [3.8, 4) is 0 Å². The first kappa shape index (κ1) is 14.1. The molecule has 0 aliphatic heterocycles. The van der Waals surface area contributed by atoms with E-state index < -0.39 is 0 Å². The number of amides is 1. The molecule has 1 amide bonds. The number of rotatable bonds is 5. The Morgan fingerprint density at radius 3 is 2.70 bits per heavy atom. The van der Waals surface area contributed by atoms with Gasteiger partial charge in [0.2, 0.25) is 0 Å². The van der Waals surface area contributed by atoms with E-state index in [0.717, 1.165) is 24.2 Å². The predicted molar refractivity (Wildman–Crippen MR) is 82.1 cm³/mol. The lowest BCUT2D eigenvalue weighted by Crippen LogP contribution is -2.15. The number of nitrogens with zero attached hydrogens (tertiary/aromatic N) is 1. The van der Waals surface area contributed by atoms with Crippen LogP contribution in [0.2, 0.25) is 0 Å². The lowest BCUT2D eigenvalue weighted by molar-refractivity contribution is 0.102. The van der Waals surface area contributed by atoms with Crippen molar-refractivity contribution >= 4 is 17.4 Å². The summed E-state index contributed by atoms with van der Waals surface area (Å²) >= 11 is 0. The topological polar surface area (TPSA) is 54.0 Å². The van der Waals surface area contributed by atoms with E-state index in [-0.39, 0.29) is 5.91 Å². The smallest absolute Gasteiger partial charge is 0.258 e. The van der Waals surface area contributed by atoms with E-state index in [1.54, 1.807) is 12.3 Å². The number of para-hydroxylation sites is 1. The Kier molecular flexibility index (Phi) is 4.71. The number of pyridine rings is 1. The van der Waals surface area contributed by atoms with Gasteiger partial charge in [0.15, 0.2) is 0 Å². The van der Waals surface area contributed by atoms with Gasteiger partial charge < -0.3 is 10.6 Å². The summed E-state index contributed by atoms with van der Waals surface area (Å²) in [6, 6.07) is 11.2. The first-order valence-electron chi connectivity index (χ1n) is 6.77. The number of nitrogens with one attached hydrogen (secondary N) is 2. The van der Waals surface area contributed by atoms with Gasteiger partial charge >= 0.3 is 0 Å². The van der Waals surface area contributed by atoms with Gasteiger partial charge in [0.05, 0.1) is 5.56 Å². The second-order valence-electron chi connectivity index (χ2n) is 4.65.